The molecule has 7 heteroatoms. The van der Waals surface area contributed by atoms with Gasteiger partial charge in [0, 0.05) is 16.2 Å². The number of benzene rings is 1. The van der Waals surface area contributed by atoms with Crippen molar-refractivity contribution in [2.75, 3.05) is 5.32 Å². The van der Waals surface area contributed by atoms with E-state index in [1.807, 2.05) is 19.1 Å². The second-order valence-corrected chi connectivity index (χ2v) is 7.07. The number of fused-ring (bicyclic) bond motifs is 1. The first-order valence-electron chi connectivity index (χ1n) is 7.52. The van der Waals surface area contributed by atoms with Gasteiger partial charge in [0.05, 0.1) is 6.04 Å². The van der Waals surface area contributed by atoms with Gasteiger partial charge in [-0.15, -0.1) is 5.10 Å². The van der Waals surface area contributed by atoms with E-state index in [2.05, 4.69) is 50.4 Å². The maximum Gasteiger partial charge on any atom is 0.275 e. The van der Waals surface area contributed by atoms with E-state index in [-0.39, 0.29) is 11.6 Å². The van der Waals surface area contributed by atoms with Crippen LogP contribution in [0.5, 0.6) is 0 Å². The van der Waals surface area contributed by atoms with Crippen LogP contribution in [-0.2, 0) is 6.42 Å². The number of aromatic nitrogens is 3. The predicted molar refractivity (Wildman–Crippen MR) is 97.3 cm³/mol. The Morgan fingerprint density at radius 1 is 1.30 bits per heavy atom. The van der Waals surface area contributed by atoms with Crippen molar-refractivity contribution in [2.45, 2.75) is 32.7 Å². The minimum Gasteiger partial charge on any atom is -0.353 e. The van der Waals surface area contributed by atoms with Gasteiger partial charge >= 0.3 is 0 Å². The molecule has 0 amide bonds. The van der Waals surface area contributed by atoms with Gasteiger partial charge in [0.15, 0.2) is 0 Å². The second kappa shape index (κ2) is 6.80. The smallest absolute Gasteiger partial charge is 0.275 e. The molecule has 0 spiro atoms. The van der Waals surface area contributed by atoms with Crippen LogP contribution in [0.25, 0.3) is 4.96 Å². The van der Waals surface area contributed by atoms with Gasteiger partial charge < -0.3 is 5.32 Å². The molecule has 0 aliphatic carbocycles. The molecular weight excluding hydrogens is 376 g/mol. The lowest BCUT2D eigenvalue weighted by molar-refractivity contribution is 0.741. The summed E-state index contributed by atoms with van der Waals surface area (Å²) < 4.78 is 2.42. The number of hydrogen-bond donors (Lipinski definition) is 1. The molecule has 0 aliphatic heterocycles. The van der Waals surface area contributed by atoms with Crippen LogP contribution in [-0.4, -0.2) is 14.6 Å². The summed E-state index contributed by atoms with van der Waals surface area (Å²) in [5, 5.41) is 8.48. The van der Waals surface area contributed by atoms with Crippen molar-refractivity contribution < 1.29 is 0 Å². The summed E-state index contributed by atoms with van der Waals surface area (Å²) >= 11 is 4.85. The predicted octanol–water partition coefficient (Wildman–Crippen LogP) is 4.04. The molecule has 1 N–H and O–H groups in total. The summed E-state index contributed by atoms with van der Waals surface area (Å²) in [5.74, 6) is 0. The van der Waals surface area contributed by atoms with Crippen LogP contribution in [0, 0.1) is 0 Å². The fourth-order valence-corrected chi connectivity index (χ4v) is 3.50. The Kier molecular flexibility index (Phi) is 4.77. The van der Waals surface area contributed by atoms with E-state index >= 15 is 0 Å². The molecule has 2 aromatic heterocycles. The van der Waals surface area contributed by atoms with Gasteiger partial charge in [-0.3, -0.25) is 4.79 Å². The lowest BCUT2D eigenvalue weighted by Crippen LogP contribution is -2.16. The number of nitrogens with zero attached hydrogens (tertiary/aromatic N) is 3. The number of aryl methyl sites for hydroxylation is 1. The quantitative estimate of drug-likeness (QED) is 0.711. The maximum atomic E-state index is 12.1. The monoisotopic (exact) mass is 392 g/mol. The number of rotatable bonds is 5. The van der Waals surface area contributed by atoms with Gasteiger partial charge in [0.25, 0.3) is 5.56 Å². The molecule has 3 rings (SSSR count). The largest absolute Gasteiger partial charge is 0.353 e. The third-order valence-corrected chi connectivity index (χ3v) is 5.01. The summed E-state index contributed by atoms with van der Waals surface area (Å²) in [7, 11) is 0. The van der Waals surface area contributed by atoms with Crippen LogP contribution >= 0.6 is 27.3 Å². The number of hydrogen-bond acceptors (Lipinski definition) is 5. The first kappa shape index (κ1) is 16.1. The normalized spacial score (nSPS) is 12.5. The number of anilines is 1. The average Bonchev–Trinajstić information content (AvgIpc) is 2.96. The van der Waals surface area contributed by atoms with Crippen LogP contribution in [0.1, 0.15) is 37.6 Å². The van der Waals surface area contributed by atoms with E-state index in [1.165, 1.54) is 21.4 Å². The molecule has 0 radical (unpaired) electrons. The third-order valence-electron chi connectivity index (χ3n) is 3.64. The Bertz CT molecular complexity index is 872. The van der Waals surface area contributed by atoms with Crippen LogP contribution < -0.4 is 10.9 Å². The van der Waals surface area contributed by atoms with Gasteiger partial charge in [0.1, 0.15) is 0 Å². The van der Waals surface area contributed by atoms with Crippen LogP contribution in [0.2, 0.25) is 0 Å². The molecule has 3 aromatic rings. The van der Waals surface area contributed by atoms with Gasteiger partial charge in [0.2, 0.25) is 10.1 Å². The molecule has 120 valence electrons. The summed E-state index contributed by atoms with van der Waals surface area (Å²) in [5.41, 5.74) is 1.85. The Balaban J connectivity index is 1.92. The summed E-state index contributed by atoms with van der Waals surface area (Å²) in [6, 6.07) is 9.90. The minimum atomic E-state index is -0.132. The fourth-order valence-electron chi connectivity index (χ4n) is 2.36. The van der Waals surface area contributed by atoms with Gasteiger partial charge in [-0.05, 0) is 30.5 Å². The van der Waals surface area contributed by atoms with Gasteiger partial charge in [-0.2, -0.15) is 4.52 Å². The molecule has 2 heterocycles. The molecule has 1 unspecified atom stereocenters. The minimum absolute atomic E-state index is 0.132. The number of nitrogens with one attached hydrogen (secondary N) is 1. The Labute approximate surface area is 146 Å². The highest BCUT2D eigenvalue weighted by molar-refractivity contribution is 9.10. The standard InChI is InChI=1S/C16H17BrN4OS/c1-3-12-9-14(22)21-16(18-12)23-15(20-21)19-13(4-2)10-5-7-11(17)8-6-10/h5-9,13H,3-4H2,1-2H3,(H,19,20). The molecule has 5 nitrogen and oxygen atoms in total. The molecule has 23 heavy (non-hydrogen) atoms. The van der Waals surface area contributed by atoms with Crippen LogP contribution in [0.4, 0.5) is 5.13 Å². The van der Waals surface area contributed by atoms with Crippen LogP contribution in [0.15, 0.2) is 39.6 Å². The highest BCUT2D eigenvalue weighted by atomic mass is 79.9. The van der Waals surface area contributed by atoms with Crippen molar-refractivity contribution in [3.8, 4) is 0 Å². The molecule has 0 aliphatic rings. The summed E-state index contributed by atoms with van der Waals surface area (Å²) in [6.45, 7) is 4.10. The second-order valence-electron chi connectivity index (χ2n) is 5.20. The topological polar surface area (TPSA) is 59.3 Å². The lowest BCUT2D eigenvalue weighted by atomic mass is 10.1. The zero-order chi connectivity index (χ0) is 16.4. The van der Waals surface area contributed by atoms with Crippen molar-refractivity contribution in [1.29, 1.82) is 0 Å². The molecule has 0 saturated carbocycles. The molecule has 0 bridgehead atoms. The third kappa shape index (κ3) is 3.45. The molecular formula is C16H17BrN4OS. The molecule has 1 atom stereocenters. The Morgan fingerprint density at radius 3 is 2.70 bits per heavy atom. The lowest BCUT2D eigenvalue weighted by Gasteiger charge is -2.16. The van der Waals surface area contributed by atoms with Crippen molar-refractivity contribution in [3.05, 3.63) is 56.4 Å². The van der Waals surface area contributed by atoms with Gasteiger partial charge in [-0.25, -0.2) is 4.98 Å². The number of halogens is 1. The summed E-state index contributed by atoms with van der Waals surface area (Å²) in [4.78, 5) is 17.2. The van der Waals surface area contributed by atoms with E-state index < -0.39 is 0 Å². The zero-order valence-corrected chi connectivity index (χ0v) is 15.3. The fraction of sp³-hybridized carbons (Fsp3) is 0.312. The highest BCUT2D eigenvalue weighted by Gasteiger charge is 2.13. The van der Waals surface area contributed by atoms with E-state index in [0.29, 0.717) is 10.1 Å². The van der Waals surface area contributed by atoms with Crippen molar-refractivity contribution in [3.63, 3.8) is 0 Å². The van der Waals surface area contributed by atoms with Gasteiger partial charge in [-0.1, -0.05) is 53.2 Å². The highest BCUT2D eigenvalue weighted by Crippen LogP contribution is 2.26. The first-order chi connectivity index (χ1) is 11.1. The maximum absolute atomic E-state index is 12.1. The van der Waals surface area contributed by atoms with E-state index in [4.69, 9.17) is 0 Å². The van der Waals surface area contributed by atoms with E-state index in [9.17, 15) is 4.79 Å². The van der Waals surface area contributed by atoms with E-state index in [0.717, 1.165) is 23.0 Å². The van der Waals surface area contributed by atoms with Crippen molar-refractivity contribution >= 4 is 37.4 Å². The molecule has 1 aromatic carbocycles. The average molecular weight is 393 g/mol. The SMILES string of the molecule is CCc1cc(=O)n2nc(NC(CC)c3ccc(Br)cc3)sc2n1. The molecule has 0 fully saturated rings. The van der Waals surface area contributed by atoms with Crippen LogP contribution in [0.3, 0.4) is 0 Å². The Hall–Kier alpha value is -1.73. The molecule has 0 saturated heterocycles. The Morgan fingerprint density at radius 2 is 2.04 bits per heavy atom. The zero-order valence-electron chi connectivity index (χ0n) is 12.9. The van der Waals surface area contributed by atoms with Crippen molar-refractivity contribution in [1.82, 2.24) is 14.6 Å². The summed E-state index contributed by atoms with van der Waals surface area (Å²) in [6.07, 6.45) is 1.66. The first-order valence-corrected chi connectivity index (χ1v) is 9.13. The van der Waals surface area contributed by atoms with E-state index in [1.54, 1.807) is 6.07 Å². The van der Waals surface area contributed by atoms with Crippen molar-refractivity contribution in [2.24, 2.45) is 0 Å².